The first kappa shape index (κ1) is 16.7. The lowest BCUT2D eigenvalue weighted by Crippen LogP contribution is -2.46. The molecule has 2 heterocycles. The Kier molecular flexibility index (Phi) is 5.00. The highest BCUT2D eigenvalue weighted by atomic mass is 32.3. The molecule has 1 aliphatic heterocycles. The molecule has 0 spiro atoms. The van der Waals surface area contributed by atoms with Crippen molar-refractivity contribution in [1.29, 1.82) is 0 Å². The van der Waals surface area contributed by atoms with Crippen LogP contribution in [0.1, 0.15) is 43.5 Å². The van der Waals surface area contributed by atoms with Crippen LogP contribution in [0, 0.1) is 5.92 Å². The van der Waals surface area contributed by atoms with E-state index in [1.165, 1.54) is 12.3 Å². The largest absolute Gasteiger partial charge is 0.488 e. The van der Waals surface area contributed by atoms with Crippen molar-refractivity contribution in [2.45, 2.75) is 39.2 Å². The molecular formula is C14H19FN2O4S. The van der Waals surface area contributed by atoms with Gasteiger partial charge < -0.3 is 9.08 Å². The van der Waals surface area contributed by atoms with Crippen LogP contribution >= 0.6 is 0 Å². The zero-order valence-corrected chi connectivity index (χ0v) is 13.3. The molecule has 1 saturated heterocycles. The van der Waals surface area contributed by atoms with Gasteiger partial charge in [0.05, 0.1) is 11.8 Å². The quantitative estimate of drug-likeness (QED) is 0.792. The summed E-state index contributed by atoms with van der Waals surface area (Å²) in [6.07, 6.45) is 5.31. The lowest BCUT2D eigenvalue weighted by Gasteiger charge is -2.38. The first-order valence-corrected chi connectivity index (χ1v) is 8.49. The van der Waals surface area contributed by atoms with Crippen molar-refractivity contribution in [3.63, 3.8) is 0 Å². The van der Waals surface area contributed by atoms with Crippen molar-refractivity contribution in [3.8, 4) is 5.75 Å². The smallest absolute Gasteiger partial charge is 0.357 e. The molecule has 1 atom stereocenters. The van der Waals surface area contributed by atoms with Crippen molar-refractivity contribution in [1.82, 2.24) is 9.88 Å². The molecule has 8 heteroatoms. The number of nitrogens with zero attached hydrogens (tertiary/aromatic N) is 2. The van der Waals surface area contributed by atoms with E-state index in [0.717, 1.165) is 25.5 Å². The zero-order chi connectivity index (χ0) is 16.3. The second-order valence-electron chi connectivity index (χ2n) is 5.69. The summed E-state index contributed by atoms with van der Waals surface area (Å²) in [5, 5.41) is 0. The van der Waals surface area contributed by atoms with Crippen LogP contribution in [0.25, 0.3) is 0 Å². The molecule has 22 heavy (non-hydrogen) atoms. The minimum absolute atomic E-state index is 0.135. The Morgan fingerprint density at radius 2 is 2.14 bits per heavy atom. The average molecular weight is 330 g/mol. The summed E-state index contributed by atoms with van der Waals surface area (Å²) in [5.41, 5.74) is 0.189. The fourth-order valence-electron chi connectivity index (χ4n) is 2.76. The molecule has 122 valence electrons. The van der Waals surface area contributed by atoms with E-state index in [4.69, 9.17) is 0 Å². The van der Waals surface area contributed by atoms with E-state index in [1.54, 1.807) is 4.90 Å². The molecule has 0 saturated carbocycles. The third-order valence-electron chi connectivity index (χ3n) is 3.74. The fourth-order valence-corrected chi connectivity index (χ4v) is 3.09. The lowest BCUT2D eigenvalue weighted by molar-refractivity contribution is 0.0542. The first-order chi connectivity index (χ1) is 10.3. The van der Waals surface area contributed by atoms with Crippen LogP contribution in [0.15, 0.2) is 18.5 Å². The number of rotatable bonds is 4. The molecule has 1 aliphatic rings. The lowest BCUT2D eigenvalue weighted by atomic mass is 9.92. The number of hydrogen-bond acceptors (Lipinski definition) is 5. The van der Waals surface area contributed by atoms with Crippen LogP contribution in [0.3, 0.4) is 0 Å². The molecule has 1 fully saturated rings. The minimum atomic E-state index is -5.13. The monoisotopic (exact) mass is 330 g/mol. The summed E-state index contributed by atoms with van der Waals surface area (Å²) in [6.45, 7) is 4.77. The molecule has 1 unspecified atom stereocenters. The van der Waals surface area contributed by atoms with Crippen LogP contribution in [-0.4, -0.2) is 36.8 Å². The van der Waals surface area contributed by atoms with E-state index in [2.05, 4.69) is 23.0 Å². The van der Waals surface area contributed by atoms with Gasteiger partial charge in [0.2, 0.25) is 0 Å². The number of likely N-dealkylation sites (tertiary alicyclic amines) is 1. The predicted octanol–water partition coefficient (Wildman–Crippen LogP) is 2.33. The van der Waals surface area contributed by atoms with Gasteiger partial charge in [-0.05, 0) is 31.2 Å². The Hall–Kier alpha value is -1.70. The summed E-state index contributed by atoms with van der Waals surface area (Å²) in [6, 6.07) is 1.33. The molecule has 0 aromatic carbocycles. The number of carbonyl (C=O) groups is 1. The molecular weight excluding hydrogens is 311 g/mol. The van der Waals surface area contributed by atoms with Gasteiger partial charge in [-0.3, -0.25) is 9.78 Å². The predicted molar refractivity (Wildman–Crippen MR) is 78.4 cm³/mol. The Morgan fingerprint density at radius 3 is 2.77 bits per heavy atom. The van der Waals surface area contributed by atoms with Crippen molar-refractivity contribution in [2.75, 3.05) is 6.54 Å². The highest BCUT2D eigenvalue weighted by molar-refractivity contribution is 7.81. The van der Waals surface area contributed by atoms with Crippen LogP contribution < -0.4 is 4.18 Å². The number of carbonyl (C=O) groups excluding carboxylic acids is 1. The van der Waals surface area contributed by atoms with E-state index >= 15 is 0 Å². The SMILES string of the molecule is CC(C)C1CCCCN1C(=O)c1cncc(OS(=O)(=O)F)c1. The van der Waals surface area contributed by atoms with Gasteiger partial charge in [0, 0.05) is 18.8 Å². The molecule has 1 aromatic heterocycles. The summed E-state index contributed by atoms with van der Waals surface area (Å²) in [4.78, 5) is 18.1. The van der Waals surface area contributed by atoms with Gasteiger partial charge in [-0.25, -0.2) is 0 Å². The van der Waals surface area contributed by atoms with E-state index < -0.39 is 10.5 Å². The van der Waals surface area contributed by atoms with Crippen LogP contribution in [0.4, 0.5) is 3.89 Å². The first-order valence-electron chi connectivity index (χ1n) is 7.18. The van der Waals surface area contributed by atoms with Gasteiger partial charge >= 0.3 is 10.5 Å². The Morgan fingerprint density at radius 1 is 1.41 bits per heavy atom. The molecule has 0 bridgehead atoms. The maximum absolute atomic E-state index is 12.6. The molecule has 1 aromatic rings. The van der Waals surface area contributed by atoms with Gasteiger partial charge in [-0.2, -0.15) is 8.42 Å². The van der Waals surface area contributed by atoms with Gasteiger partial charge in [0.15, 0.2) is 5.75 Å². The van der Waals surface area contributed by atoms with Gasteiger partial charge in [-0.15, -0.1) is 0 Å². The summed E-state index contributed by atoms with van der Waals surface area (Å²) in [7, 11) is -5.13. The van der Waals surface area contributed by atoms with Gasteiger partial charge in [0.1, 0.15) is 0 Å². The van der Waals surface area contributed by atoms with E-state index in [1.807, 2.05) is 0 Å². The van der Waals surface area contributed by atoms with E-state index in [-0.39, 0.29) is 23.3 Å². The number of halogens is 1. The highest BCUT2D eigenvalue weighted by Gasteiger charge is 2.29. The van der Waals surface area contributed by atoms with Gasteiger partial charge in [-0.1, -0.05) is 17.7 Å². The summed E-state index contributed by atoms with van der Waals surface area (Å²) < 4.78 is 37.7. The van der Waals surface area contributed by atoms with Crippen molar-refractivity contribution in [3.05, 3.63) is 24.0 Å². The number of hydrogen-bond donors (Lipinski definition) is 0. The maximum Gasteiger partial charge on any atom is 0.488 e. The van der Waals surface area contributed by atoms with Crippen molar-refractivity contribution in [2.24, 2.45) is 5.92 Å². The molecule has 2 rings (SSSR count). The van der Waals surface area contributed by atoms with Crippen LogP contribution in [-0.2, 0) is 10.5 Å². The summed E-state index contributed by atoms with van der Waals surface area (Å²) >= 11 is 0. The number of pyridine rings is 1. The number of aromatic nitrogens is 1. The molecule has 1 amide bonds. The summed E-state index contributed by atoms with van der Waals surface area (Å²) in [5.74, 6) is -0.234. The molecule has 0 N–H and O–H groups in total. The molecule has 6 nitrogen and oxygen atoms in total. The molecule has 0 aliphatic carbocycles. The Bertz CT molecular complexity index is 648. The Labute approximate surface area is 129 Å². The third kappa shape index (κ3) is 4.16. The van der Waals surface area contributed by atoms with Crippen LogP contribution in [0.5, 0.6) is 5.75 Å². The van der Waals surface area contributed by atoms with E-state index in [9.17, 15) is 17.1 Å². The normalized spacial score (nSPS) is 19.3. The van der Waals surface area contributed by atoms with Crippen molar-refractivity contribution < 1.29 is 21.3 Å². The standard InChI is InChI=1S/C14H19FN2O4S/c1-10(2)13-5-3-4-6-17(13)14(18)11-7-12(9-16-8-11)21-22(15,19)20/h7-10,13H,3-6H2,1-2H3. The Balaban J connectivity index is 2.23. The number of amides is 1. The fraction of sp³-hybridized carbons (Fsp3) is 0.571. The minimum Gasteiger partial charge on any atom is -0.357 e. The van der Waals surface area contributed by atoms with E-state index in [0.29, 0.717) is 12.5 Å². The number of piperidine rings is 1. The topological polar surface area (TPSA) is 76.6 Å². The zero-order valence-electron chi connectivity index (χ0n) is 12.5. The van der Waals surface area contributed by atoms with Gasteiger partial charge in [0.25, 0.3) is 5.91 Å². The van der Waals surface area contributed by atoms with Crippen molar-refractivity contribution >= 4 is 16.4 Å². The second kappa shape index (κ2) is 6.60. The maximum atomic E-state index is 12.6. The highest BCUT2D eigenvalue weighted by Crippen LogP contribution is 2.25. The average Bonchev–Trinajstić information content (AvgIpc) is 2.45. The van der Waals surface area contributed by atoms with Crippen LogP contribution in [0.2, 0.25) is 0 Å². The third-order valence-corrected chi connectivity index (χ3v) is 4.13. The second-order valence-corrected chi connectivity index (χ2v) is 6.64. The molecule has 0 radical (unpaired) electrons.